The van der Waals surface area contributed by atoms with Gasteiger partial charge in [-0.2, -0.15) is 0 Å². The average molecular weight is 223 g/mol. The van der Waals surface area contributed by atoms with Crippen molar-refractivity contribution in [1.29, 1.82) is 0 Å². The van der Waals surface area contributed by atoms with E-state index >= 15 is 0 Å². The van der Waals surface area contributed by atoms with Crippen molar-refractivity contribution in [3.63, 3.8) is 0 Å². The van der Waals surface area contributed by atoms with Gasteiger partial charge in [-0.3, -0.25) is 4.98 Å². The van der Waals surface area contributed by atoms with Crippen LogP contribution in [0.25, 0.3) is 0 Å². The minimum atomic E-state index is -1.11. The number of oxazole rings is 1. The standard InChI is InChI=1S/C8H5N3O3S/c12-7(13)5-3-9-4-6(11-5)15-8-10-1-2-14-8/h1-4H,(H,12,13). The molecule has 0 unspecified atom stereocenters. The van der Waals surface area contributed by atoms with Gasteiger partial charge in [0.2, 0.25) is 0 Å². The van der Waals surface area contributed by atoms with E-state index < -0.39 is 5.97 Å². The fourth-order valence-corrected chi connectivity index (χ4v) is 1.50. The largest absolute Gasteiger partial charge is 0.476 e. The van der Waals surface area contributed by atoms with Crippen molar-refractivity contribution in [2.45, 2.75) is 10.2 Å². The number of carboxylic acids is 1. The number of hydrogen-bond acceptors (Lipinski definition) is 6. The van der Waals surface area contributed by atoms with Crippen LogP contribution in [0.3, 0.4) is 0 Å². The maximum Gasteiger partial charge on any atom is 0.356 e. The summed E-state index contributed by atoms with van der Waals surface area (Å²) in [5.74, 6) is -1.11. The number of aromatic nitrogens is 3. The maximum atomic E-state index is 10.6. The third-order valence-corrected chi connectivity index (χ3v) is 2.22. The third-order valence-electron chi connectivity index (χ3n) is 1.43. The van der Waals surface area contributed by atoms with E-state index in [0.717, 1.165) is 11.8 Å². The minimum Gasteiger partial charge on any atom is -0.476 e. The highest BCUT2D eigenvalue weighted by Crippen LogP contribution is 2.23. The summed E-state index contributed by atoms with van der Waals surface area (Å²) >= 11 is 1.11. The summed E-state index contributed by atoms with van der Waals surface area (Å²) in [6.07, 6.45) is 5.55. The van der Waals surface area contributed by atoms with Gasteiger partial charge < -0.3 is 9.52 Å². The first-order valence-electron chi connectivity index (χ1n) is 3.88. The number of rotatable bonds is 3. The molecule has 0 aromatic carbocycles. The summed E-state index contributed by atoms with van der Waals surface area (Å²) in [7, 11) is 0. The van der Waals surface area contributed by atoms with E-state index in [1.807, 2.05) is 0 Å². The Hall–Kier alpha value is -1.89. The van der Waals surface area contributed by atoms with Gasteiger partial charge in [0, 0.05) is 0 Å². The van der Waals surface area contributed by atoms with Crippen molar-refractivity contribution >= 4 is 17.7 Å². The van der Waals surface area contributed by atoms with Gasteiger partial charge in [0.15, 0.2) is 5.69 Å². The Bertz CT molecular complexity index is 472. The van der Waals surface area contributed by atoms with Crippen LogP contribution in [0.4, 0.5) is 0 Å². The Morgan fingerprint density at radius 1 is 1.47 bits per heavy atom. The van der Waals surface area contributed by atoms with Crippen molar-refractivity contribution in [3.05, 3.63) is 30.5 Å². The van der Waals surface area contributed by atoms with Gasteiger partial charge in [-0.05, 0) is 11.8 Å². The molecule has 2 aromatic rings. The first-order chi connectivity index (χ1) is 7.25. The molecule has 2 rings (SSSR count). The van der Waals surface area contributed by atoms with Gasteiger partial charge in [0.05, 0.1) is 18.6 Å². The van der Waals surface area contributed by atoms with Crippen molar-refractivity contribution in [2.24, 2.45) is 0 Å². The maximum absolute atomic E-state index is 10.6. The first-order valence-corrected chi connectivity index (χ1v) is 4.70. The second-order valence-corrected chi connectivity index (χ2v) is 3.42. The minimum absolute atomic E-state index is 0.105. The molecule has 2 heterocycles. The molecule has 7 heteroatoms. The molecule has 76 valence electrons. The van der Waals surface area contributed by atoms with E-state index in [1.165, 1.54) is 24.9 Å². The second kappa shape index (κ2) is 4.09. The van der Waals surface area contributed by atoms with Crippen LogP contribution in [0.2, 0.25) is 0 Å². The predicted octanol–water partition coefficient (Wildman–Crippen LogP) is 1.31. The number of carboxylic acid groups (broad SMARTS) is 1. The van der Waals surface area contributed by atoms with E-state index in [9.17, 15) is 4.79 Å². The topological polar surface area (TPSA) is 89.1 Å². The molecule has 0 saturated heterocycles. The van der Waals surface area contributed by atoms with Gasteiger partial charge in [0.1, 0.15) is 11.3 Å². The van der Waals surface area contributed by atoms with Crippen LogP contribution in [-0.2, 0) is 0 Å². The van der Waals surface area contributed by atoms with Gasteiger partial charge in [-0.15, -0.1) is 0 Å². The first kappa shape index (κ1) is 9.66. The molecule has 0 spiro atoms. The third kappa shape index (κ3) is 2.32. The van der Waals surface area contributed by atoms with Crippen LogP contribution in [0.5, 0.6) is 0 Å². The highest BCUT2D eigenvalue weighted by atomic mass is 32.2. The predicted molar refractivity (Wildman–Crippen MR) is 49.6 cm³/mol. The highest BCUT2D eigenvalue weighted by Gasteiger charge is 2.08. The van der Waals surface area contributed by atoms with E-state index in [-0.39, 0.29) is 5.69 Å². The highest BCUT2D eigenvalue weighted by molar-refractivity contribution is 7.99. The lowest BCUT2D eigenvalue weighted by atomic mass is 10.5. The van der Waals surface area contributed by atoms with Crippen molar-refractivity contribution in [2.75, 3.05) is 0 Å². The molecule has 0 saturated carbocycles. The van der Waals surface area contributed by atoms with E-state index in [4.69, 9.17) is 9.52 Å². The Balaban J connectivity index is 2.22. The molecular weight excluding hydrogens is 218 g/mol. The van der Waals surface area contributed by atoms with Crippen molar-refractivity contribution in [3.8, 4) is 0 Å². The van der Waals surface area contributed by atoms with Crippen LogP contribution in [0, 0.1) is 0 Å². The second-order valence-electron chi connectivity index (χ2n) is 2.45. The van der Waals surface area contributed by atoms with Gasteiger partial charge in [0.25, 0.3) is 5.22 Å². The Morgan fingerprint density at radius 2 is 2.33 bits per heavy atom. The molecule has 2 aromatic heterocycles. The summed E-state index contributed by atoms with van der Waals surface area (Å²) < 4.78 is 4.97. The number of aromatic carboxylic acids is 1. The van der Waals surface area contributed by atoms with Crippen LogP contribution >= 0.6 is 11.8 Å². The Morgan fingerprint density at radius 3 is 3.00 bits per heavy atom. The number of hydrogen-bond donors (Lipinski definition) is 1. The summed E-state index contributed by atoms with van der Waals surface area (Å²) in [4.78, 5) is 22.1. The average Bonchev–Trinajstić information content (AvgIpc) is 2.71. The summed E-state index contributed by atoms with van der Waals surface area (Å²) in [6, 6.07) is 0. The zero-order chi connectivity index (χ0) is 10.7. The molecule has 0 aliphatic carbocycles. The Kier molecular flexibility index (Phi) is 2.64. The summed E-state index contributed by atoms with van der Waals surface area (Å²) in [5.41, 5.74) is -0.105. The van der Waals surface area contributed by atoms with Crippen LogP contribution in [-0.4, -0.2) is 26.0 Å². The molecule has 0 radical (unpaired) electrons. The van der Waals surface area contributed by atoms with E-state index in [1.54, 1.807) is 0 Å². The fourth-order valence-electron chi connectivity index (χ4n) is 0.851. The van der Waals surface area contributed by atoms with Crippen molar-refractivity contribution < 1.29 is 14.3 Å². The molecule has 0 aliphatic heterocycles. The molecular formula is C8H5N3O3S. The lowest BCUT2D eigenvalue weighted by Gasteiger charge is -1.96. The molecule has 0 bridgehead atoms. The summed E-state index contributed by atoms with van der Waals surface area (Å²) in [5, 5.41) is 9.51. The smallest absolute Gasteiger partial charge is 0.356 e. The summed E-state index contributed by atoms with van der Waals surface area (Å²) in [6.45, 7) is 0. The van der Waals surface area contributed by atoms with Gasteiger partial charge in [-0.1, -0.05) is 0 Å². The number of carbonyl (C=O) groups is 1. The van der Waals surface area contributed by atoms with Crippen LogP contribution in [0.1, 0.15) is 10.5 Å². The molecule has 15 heavy (non-hydrogen) atoms. The molecule has 6 nitrogen and oxygen atoms in total. The van der Waals surface area contributed by atoms with Crippen LogP contribution in [0.15, 0.2) is 39.5 Å². The van der Waals surface area contributed by atoms with Gasteiger partial charge >= 0.3 is 5.97 Å². The van der Waals surface area contributed by atoms with E-state index in [2.05, 4.69) is 15.0 Å². The lowest BCUT2D eigenvalue weighted by molar-refractivity contribution is 0.0689. The normalized spacial score (nSPS) is 10.1. The zero-order valence-electron chi connectivity index (χ0n) is 7.32. The Labute approximate surface area is 88.4 Å². The quantitative estimate of drug-likeness (QED) is 0.838. The van der Waals surface area contributed by atoms with Gasteiger partial charge in [-0.25, -0.2) is 14.8 Å². The SMILES string of the molecule is O=C(O)c1cncc(Sc2ncco2)n1. The molecule has 1 N–H and O–H groups in total. The fraction of sp³-hybridized carbons (Fsp3) is 0. The molecule has 0 amide bonds. The van der Waals surface area contributed by atoms with Crippen LogP contribution < -0.4 is 0 Å². The molecule has 0 fully saturated rings. The van der Waals surface area contributed by atoms with E-state index in [0.29, 0.717) is 10.2 Å². The van der Waals surface area contributed by atoms with Crippen molar-refractivity contribution in [1.82, 2.24) is 15.0 Å². The lowest BCUT2D eigenvalue weighted by Crippen LogP contribution is -2.01. The monoisotopic (exact) mass is 223 g/mol. The zero-order valence-corrected chi connectivity index (χ0v) is 8.14. The molecule has 0 aliphatic rings. The number of nitrogens with zero attached hydrogens (tertiary/aromatic N) is 3. The molecule has 0 atom stereocenters.